The molecular weight excluding hydrogens is 330 g/mol. The minimum atomic E-state index is -0.550. The maximum atomic E-state index is 12.3. The Balaban J connectivity index is 1.81. The Hall–Kier alpha value is -2.87. The first-order valence-electron chi connectivity index (χ1n) is 7.16. The maximum Gasteiger partial charge on any atom is 0.333 e. The molecule has 3 rings (SSSR count). The van der Waals surface area contributed by atoms with Gasteiger partial charge in [0.25, 0.3) is 11.5 Å². The number of hydrogen-bond acceptors (Lipinski definition) is 5. The molecule has 2 aromatic heterocycles. The highest BCUT2D eigenvalue weighted by Crippen LogP contribution is 2.18. The monoisotopic (exact) mass is 345 g/mol. The summed E-state index contributed by atoms with van der Waals surface area (Å²) >= 11 is 1.11. The van der Waals surface area contributed by atoms with Crippen LogP contribution in [0.4, 0.5) is 0 Å². The number of carbonyl (C=O) groups excluding carboxylic acids is 1. The van der Waals surface area contributed by atoms with Gasteiger partial charge in [-0.1, -0.05) is 12.1 Å². The number of nitrogens with one attached hydrogen (secondary N) is 2. The van der Waals surface area contributed by atoms with E-state index in [9.17, 15) is 14.4 Å². The van der Waals surface area contributed by atoms with Crippen molar-refractivity contribution in [2.24, 2.45) is 0 Å². The van der Waals surface area contributed by atoms with Gasteiger partial charge in [-0.2, -0.15) is 0 Å². The summed E-state index contributed by atoms with van der Waals surface area (Å²) in [6, 6.07) is 7.35. The Morgan fingerprint density at radius 2 is 2.00 bits per heavy atom. The Labute approximate surface area is 140 Å². The van der Waals surface area contributed by atoms with Crippen LogP contribution in [0.15, 0.2) is 40.1 Å². The molecule has 3 aromatic rings. The average molecular weight is 345 g/mol. The van der Waals surface area contributed by atoms with Crippen molar-refractivity contribution in [2.75, 3.05) is 7.11 Å². The molecule has 0 bridgehead atoms. The van der Waals surface area contributed by atoms with E-state index >= 15 is 0 Å². The molecule has 0 saturated carbocycles. The molecule has 0 fully saturated rings. The normalized spacial score (nSPS) is 10.8. The molecule has 7 nitrogen and oxygen atoms in total. The summed E-state index contributed by atoms with van der Waals surface area (Å²) < 4.78 is 6.36. The lowest BCUT2D eigenvalue weighted by molar-refractivity contribution is 0.0954. The Bertz CT molecular complexity index is 1010. The van der Waals surface area contributed by atoms with Gasteiger partial charge in [-0.25, -0.2) is 4.79 Å². The third kappa shape index (κ3) is 2.95. The second-order valence-corrected chi connectivity index (χ2v) is 6.22. The minimum absolute atomic E-state index is 0.300. The van der Waals surface area contributed by atoms with Crippen molar-refractivity contribution in [1.29, 1.82) is 0 Å². The molecule has 24 heavy (non-hydrogen) atoms. The van der Waals surface area contributed by atoms with Gasteiger partial charge in [-0.3, -0.25) is 19.0 Å². The summed E-state index contributed by atoms with van der Waals surface area (Å²) in [7, 11) is 1.59. The smallest absolute Gasteiger partial charge is 0.333 e. The second-order valence-electron chi connectivity index (χ2n) is 5.19. The highest BCUT2D eigenvalue weighted by Gasteiger charge is 2.14. The zero-order valence-electron chi connectivity index (χ0n) is 13.1. The van der Waals surface area contributed by atoms with Crippen LogP contribution in [0.3, 0.4) is 0 Å². The van der Waals surface area contributed by atoms with Gasteiger partial charge in [0.05, 0.1) is 7.11 Å². The second kappa shape index (κ2) is 6.32. The van der Waals surface area contributed by atoms with Gasteiger partial charge >= 0.3 is 5.69 Å². The van der Waals surface area contributed by atoms with Crippen molar-refractivity contribution in [3.8, 4) is 5.75 Å². The molecule has 124 valence electrons. The number of hydrogen-bond donors (Lipinski definition) is 2. The van der Waals surface area contributed by atoms with Crippen molar-refractivity contribution in [3.63, 3.8) is 0 Å². The molecule has 8 heteroatoms. The number of H-pyrrole nitrogens is 1. The van der Waals surface area contributed by atoms with Crippen LogP contribution in [-0.4, -0.2) is 22.4 Å². The zero-order valence-corrected chi connectivity index (χ0v) is 13.9. The number of aryl methyl sites for hydroxylation is 1. The summed E-state index contributed by atoms with van der Waals surface area (Å²) in [6.45, 7) is 1.97. The van der Waals surface area contributed by atoms with E-state index in [-0.39, 0.29) is 5.91 Å². The van der Waals surface area contributed by atoms with E-state index < -0.39 is 11.2 Å². The SMILES string of the molecule is COc1ccc(CNC(=O)c2cn3c(=O)[nH]c(=O)c(C)c3s2)cc1. The molecular formula is C16H15N3O4S. The lowest BCUT2D eigenvalue weighted by Crippen LogP contribution is -2.26. The van der Waals surface area contributed by atoms with Crippen molar-refractivity contribution >= 4 is 22.1 Å². The number of carbonyl (C=O) groups is 1. The number of ether oxygens (including phenoxy) is 1. The van der Waals surface area contributed by atoms with Crippen molar-refractivity contribution in [1.82, 2.24) is 14.7 Å². The zero-order chi connectivity index (χ0) is 17.3. The molecule has 0 aliphatic rings. The average Bonchev–Trinajstić information content (AvgIpc) is 3.04. The quantitative estimate of drug-likeness (QED) is 0.745. The molecule has 0 aliphatic heterocycles. The van der Waals surface area contributed by atoms with Crippen LogP contribution in [0.2, 0.25) is 0 Å². The fourth-order valence-electron chi connectivity index (χ4n) is 2.23. The number of fused-ring (bicyclic) bond motifs is 1. The van der Waals surface area contributed by atoms with Gasteiger partial charge in [0.1, 0.15) is 15.5 Å². The first kappa shape index (κ1) is 16.0. The van der Waals surface area contributed by atoms with Crippen LogP contribution in [-0.2, 0) is 6.54 Å². The third-order valence-electron chi connectivity index (χ3n) is 3.61. The number of nitrogens with zero attached hydrogens (tertiary/aromatic N) is 1. The van der Waals surface area contributed by atoms with Gasteiger partial charge in [0.15, 0.2) is 0 Å². The summed E-state index contributed by atoms with van der Waals surface area (Å²) in [4.78, 5) is 38.8. The van der Waals surface area contributed by atoms with Gasteiger partial charge in [0.2, 0.25) is 0 Å². The number of thiazole rings is 1. The molecule has 0 aliphatic carbocycles. The van der Waals surface area contributed by atoms with E-state index in [1.165, 1.54) is 10.6 Å². The molecule has 2 N–H and O–H groups in total. The number of amides is 1. The number of methoxy groups -OCH3 is 1. The van der Waals surface area contributed by atoms with Crippen molar-refractivity contribution in [2.45, 2.75) is 13.5 Å². The summed E-state index contributed by atoms with van der Waals surface area (Å²) in [6.07, 6.45) is 1.44. The number of aromatic nitrogens is 2. The van der Waals surface area contributed by atoms with Crippen LogP contribution in [0, 0.1) is 6.92 Å². The van der Waals surface area contributed by atoms with E-state index in [0.717, 1.165) is 22.6 Å². The van der Waals surface area contributed by atoms with E-state index in [1.54, 1.807) is 14.0 Å². The first-order chi connectivity index (χ1) is 11.5. The van der Waals surface area contributed by atoms with Gasteiger partial charge < -0.3 is 10.1 Å². The Kier molecular flexibility index (Phi) is 4.22. The van der Waals surface area contributed by atoms with E-state index in [0.29, 0.717) is 21.8 Å². The van der Waals surface area contributed by atoms with Crippen LogP contribution in [0.5, 0.6) is 5.75 Å². The standard InChI is InChI=1S/C16H15N3O4S/c1-9-13(20)18-16(22)19-8-12(24-15(9)19)14(21)17-7-10-3-5-11(23-2)6-4-10/h3-6,8H,7H2,1-2H3,(H,17,21)(H,18,20,22). The number of rotatable bonds is 4. The lowest BCUT2D eigenvalue weighted by atomic mass is 10.2. The first-order valence-corrected chi connectivity index (χ1v) is 7.97. The largest absolute Gasteiger partial charge is 0.497 e. The summed E-state index contributed by atoms with van der Waals surface area (Å²) in [5, 5.41) is 2.79. The predicted octanol–water partition coefficient (Wildman–Crippen LogP) is 1.30. The number of aromatic amines is 1. The molecule has 1 amide bonds. The highest BCUT2D eigenvalue weighted by molar-refractivity contribution is 7.19. The Morgan fingerprint density at radius 1 is 1.29 bits per heavy atom. The van der Waals surface area contributed by atoms with Crippen LogP contribution in [0.1, 0.15) is 20.8 Å². The van der Waals surface area contributed by atoms with Gasteiger partial charge in [-0.15, -0.1) is 11.3 Å². The van der Waals surface area contributed by atoms with Gasteiger partial charge in [0, 0.05) is 18.3 Å². The maximum absolute atomic E-state index is 12.3. The van der Waals surface area contributed by atoms with E-state index in [2.05, 4.69) is 10.3 Å². The summed E-state index contributed by atoms with van der Waals surface area (Å²) in [5.41, 5.74) is 0.348. The number of benzene rings is 1. The summed E-state index contributed by atoms with van der Waals surface area (Å²) in [5.74, 6) is 0.444. The molecule has 2 heterocycles. The molecule has 0 radical (unpaired) electrons. The lowest BCUT2D eigenvalue weighted by Gasteiger charge is -2.04. The van der Waals surface area contributed by atoms with E-state index in [1.807, 2.05) is 24.3 Å². The van der Waals surface area contributed by atoms with Crippen molar-refractivity contribution < 1.29 is 9.53 Å². The Morgan fingerprint density at radius 3 is 2.67 bits per heavy atom. The molecule has 0 saturated heterocycles. The highest BCUT2D eigenvalue weighted by atomic mass is 32.1. The molecule has 0 spiro atoms. The van der Waals surface area contributed by atoms with Crippen molar-refractivity contribution in [3.05, 3.63) is 67.3 Å². The minimum Gasteiger partial charge on any atom is -0.497 e. The van der Waals surface area contributed by atoms with Crippen LogP contribution < -0.4 is 21.3 Å². The van der Waals surface area contributed by atoms with Crippen LogP contribution in [0.25, 0.3) is 4.83 Å². The fourth-order valence-corrected chi connectivity index (χ4v) is 3.24. The molecule has 0 unspecified atom stereocenters. The molecule has 0 atom stereocenters. The predicted molar refractivity (Wildman–Crippen MR) is 91.1 cm³/mol. The van der Waals surface area contributed by atoms with Crippen LogP contribution >= 0.6 is 11.3 Å². The van der Waals surface area contributed by atoms with Gasteiger partial charge in [-0.05, 0) is 24.6 Å². The fraction of sp³-hybridized carbons (Fsp3) is 0.188. The topological polar surface area (TPSA) is 92.7 Å². The van der Waals surface area contributed by atoms with E-state index in [4.69, 9.17) is 4.74 Å². The third-order valence-corrected chi connectivity index (χ3v) is 4.82. The molecule has 1 aromatic carbocycles.